The van der Waals surface area contributed by atoms with Gasteiger partial charge in [0.2, 0.25) is 0 Å². The molecule has 0 bridgehead atoms. The molecular formula is C15H14ClF2NOS. The van der Waals surface area contributed by atoms with Crippen LogP contribution >= 0.6 is 23.4 Å². The van der Waals surface area contributed by atoms with Gasteiger partial charge in [0.05, 0.1) is 6.04 Å². The maximum atomic E-state index is 13.6. The van der Waals surface area contributed by atoms with Crippen LogP contribution in [0.25, 0.3) is 0 Å². The zero-order valence-electron chi connectivity index (χ0n) is 11.0. The van der Waals surface area contributed by atoms with Gasteiger partial charge < -0.3 is 10.8 Å². The van der Waals surface area contributed by atoms with Crippen LogP contribution in [-0.2, 0) is 0 Å². The molecule has 21 heavy (non-hydrogen) atoms. The minimum Gasteiger partial charge on any atom is -0.390 e. The van der Waals surface area contributed by atoms with Crippen molar-refractivity contribution in [1.82, 2.24) is 0 Å². The second-order valence-electron chi connectivity index (χ2n) is 4.49. The Bertz CT molecular complexity index is 607. The van der Waals surface area contributed by atoms with Gasteiger partial charge in [0.25, 0.3) is 5.92 Å². The Hall–Kier alpha value is -1.14. The third-order valence-corrected chi connectivity index (χ3v) is 4.31. The quantitative estimate of drug-likeness (QED) is 0.867. The van der Waals surface area contributed by atoms with Crippen LogP contribution in [0.3, 0.4) is 0 Å². The zero-order chi connectivity index (χ0) is 15.5. The van der Waals surface area contributed by atoms with Crippen molar-refractivity contribution in [1.29, 1.82) is 0 Å². The van der Waals surface area contributed by atoms with Gasteiger partial charge in [-0.15, -0.1) is 0 Å². The number of hydrogen-bond donors (Lipinski definition) is 2. The Morgan fingerprint density at radius 1 is 1.14 bits per heavy atom. The molecule has 6 heteroatoms. The second kappa shape index (κ2) is 6.75. The minimum atomic E-state index is -3.36. The summed E-state index contributed by atoms with van der Waals surface area (Å²) in [5.41, 5.74) is 5.92. The van der Waals surface area contributed by atoms with E-state index in [1.54, 1.807) is 48.5 Å². The molecule has 0 aromatic heterocycles. The molecule has 0 spiro atoms. The molecule has 2 aromatic carbocycles. The summed E-state index contributed by atoms with van der Waals surface area (Å²) in [7, 11) is 0. The number of rotatable bonds is 5. The van der Waals surface area contributed by atoms with Crippen molar-refractivity contribution in [2.45, 2.75) is 21.8 Å². The first-order valence-corrected chi connectivity index (χ1v) is 7.40. The third kappa shape index (κ3) is 3.95. The molecule has 0 unspecified atom stereocenters. The Morgan fingerprint density at radius 2 is 1.76 bits per heavy atom. The highest BCUT2D eigenvalue weighted by atomic mass is 35.5. The summed E-state index contributed by atoms with van der Waals surface area (Å²) in [6.45, 7) is -1.28. The number of hydrogen-bond acceptors (Lipinski definition) is 3. The largest absolute Gasteiger partial charge is 0.390 e. The number of nitrogens with two attached hydrogens (primary N) is 1. The molecule has 0 aliphatic heterocycles. The highest BCUT2D eigenvalue weighted by Crippen LogP contribution is 2.37. The summed E-state index contributed by atoms with van der Waals surface area (Å²) in [4.78, 5) is 1.49. The predicted octanol–water partition coefficient (Wildman–Crippen LogP) is 4.12. The SMILES string of the molecule is N[C@H](c1ccccc1Sc1ccc(Cl)cc1)C(F)(F)CO. The molecule has 2 aromatic rings. The lowest BCUT2D eigenvalue weighted by atomic mass is 10.0. The summed E-state index contributed by atoms with van der Waals surface area (Å²) in [5.74, 6) is -3.36. The Kier molecular flexibility index (Phi) is 5.22. The molecule has 0 aliphatic rings. The smallest absolute Gasteiger partial charge is 0.289 e. The molecule has 0 aliphatic carbocycles. The lowest BCUT2D eigenvalue weighted by molar-refractivity contribution is -0.0717. The van der Waals surface area contributed by atoms with Crippen LogP contribution in [0.4, 0.5) is 8.78 Å². The number of aliphatic hydroxyl groups is 1. The van der Waals surface area contributed by atoms with Gasteiger partial charge in [0.15, 0.2) is 0 Å². The number of halogens is 3. The molecular weight excluding hydrogens is 316 g/mol. The molecule has 0 fully saturated rings. The van der Waals surface area contributed by atoms with Crippen molar-refractivity contribution in [2.75, 3.05) is 6.61 Å². The average molecular weight is 330 g/mol. The van der Waals surface area contributed by atoms with Gasteiger partial charge in [0.1, 0.15) is 6.61 Å². The van der Waals surface area contributed by atoms with E-state index in [0.717, 1.165) is 4.90 Å². The molecule has 0 heterocycles. The van der Waals surface area contributed by atoms with Crippen molar-refractivity contribution in [3.63, 3.8) is 0 Å². The van der Waals surface area contributed by atoms with E-state index in [2.05, 4.69) is 0 Å². The average Bonchev–Trinajstić information content (AvgIpc) is 2.49. The van der Waals surface area contributed by atoms with Crippen LogP contribution in [0.1, 0.15) is 11.6 Å². The van der Waals surface area contributed by atoms with Crippen LogP contribution in [0.15, 0.2) is 58.3 Å². The molecule has 2 nitrogen and oxygen atoms in total. The van der Waals surface area contributed by atoms with Crippen molar-refractivity contribution in [2.24, 2.45) is 5.73 Å². The molecule has 112 valence electrons. The fourth-order valence-corrected chi connectivity index (χ4v) is 2.90. The summed E-state index contributed by atoms with van der Waals surface area (Å²) in [6.07, 6.45) is 0. The van der Waals surface area contributed by atoms with Gasteiger partial charge in [-0.25, -0.2) is 8.78 Å². The van der Waals surface area contributed by atoms with Crippen molar-refractivity contribution < 1.29 is 13.9 Å². The van der Waals surface area contributed by atoms with E-state index in [1.807, 2.05) is 0 Å². The van der Waals surface area contributed by atoms with Crippen LogP contribution in [-0.4, -0.2) is 17.6 Å². The van der Waals surface area contributed by atoms with E-state index < -0.39 is 18.6 Å². The van der Waals surface area contributed by atoms with Gasteiger partial charge in [-0.05, 0) is 35.9 Å². The summed E-state index contributed by atoms with van der Waals surface area (Å²) >= 11 is 7.14. The highest BCUT2D eigenvalue weighted by Gasteiger charge is 2.38. The highest BCUT2D eigenvalue weighted by molar-refractivity contribution is 7.99. The first-order valence-electron chi connectivity index (χ1n) is 6.20. The maximum Gasteiger partial charge on any atom is 0.289 e. The third-order valence-electron chi connectivity index (χ3n) is 2.96. The lowest BCUT2D eigenvalue weighted by Gasteiger charge is -2.23. The lowest BCUT2D eigenvalue weighted by Crippen LogP contribution is -2.36. The molecule has 1 atom stereocenters. The van der Waals surface area contributed by atoms with Crippen molar-refractivity contribution in [3.8, 4) is 0 Å². The summed E-state index contributed by atoms with van der Waals surface area (Å²) < 4.78 is 27.2. The van der Waals surface area contributed by atoms with Gasteiger partial charge in [-0.1, -0.05) is 41.6 Å². The molecule has 0 saturated heterocycles. The number of alkyl halides is 2. The van der Waals surface area contributed by atoms with E-state index >= 15 is 0 Å². The molecule has 0 radical (unpaired) electrons. The first-order chi connectivity index (χ1) is 9.94. The Balaban J connectivity index is 2.31. The second-order valence-corrected chi connectivity index (χ2v) is 6.04. The molecule has 3 N–H and O–H groups in total. The Morgan fingerprint density at radius 3 is 2.38 bits per heavy atom. The van der Waals surface area contributed by atoms with Crippen molar-refractivity contribution in [3.05, 3.63) is 59.1 Å². The fraction of sp³-hybridized carbons (Fsp3) is 0.200. The van der Waals surface area contributed by atoms with E-state index in [0.29, 0.717) is 15.5 Å². The number of aliphatic hydroxyl groups excluding tert-OH is 1. The van der Waals surface area contributed by atoms with E-state index in [-0.39, 0.29) is 0 Å². The standard InChI is InChI=1S/C15H14ClF2NOS/c16-10-5-7-11(8-6-10)21-13-4-2-1-3-12(13)14(19)15(17,18)9-20/h1-8,14,20H,9,19H2/t14-/m1/s1. The summed E-state index contributed by atoms with van der Waals surface area (Å²) in [5, 5.41) is 9.39. The van der Waals surface area contributed by atoms with Gasteiger partial charge in [-0.3, -0.25) is 0 Å². The minimum absolute atomic E-state index is 0.302. The molecule has 0 saturated carbocycles. The van der Waals surface area contributed by atoms with E-state index in [9.17, 15) is 8.78 Å². The van der Waals surface area contributed by atoms with Crippen LogP contribution in [0.5, 0.6) is 0 Å². The summed E-state index contributed by atoms with van der Waals surface area (Å²) in [6, 6.07) is 12.2. The van der Waals surface area contributed by atoms with Crippen LogP contribution < -0.4 is 5.73 Å². The van der Waals surface area contributed by atoms with Crippen LogP contribution in [0, 0.1) is 0 Å². The molecule has 0 amide bonds. The zero-order valence-corrected chi connectivity index (χ0v) is 12.5. The monoisotopic (exact) mass is 329 g/mol. The first kappa shape index (κ1) is 16.2. The van der Waals surface area contributed by atoms with Crippen molar-refractivity contribution >= 4 is 23.4 Å². The van der Waals surface area contributed by atoms with E-state index in [1.165, 1.54) is 11.8 Å². The molecule has 2 rings (SSSR count). The van der Waals surface area contributed by atoms with Gasteiger partial charge in [-0.2, -0.15) is 0 Å². The predicted molar refractivity (Wildman–Crippen MR) is 81.0 cm³/mol. The fourth-order valence-electron chi connectivity index (χ4n) is 1.79. The Labute approximate surface area is 130 Å². The number of benzene rings is 2. The normalized spacial score (nSPS) is 13.2. The van der Waals surface area contributed by atoms with Gasteiger partial charge in [0, 0.05) is 14.8 Å². The van der Waals surface area contributed by atoms with E-state index in [4.69, 9.17) is 22.4 Å². The maximum absolute atomic E-state index is 13.6. The topological polar surface area (TPSA) is 46.2 Å². The van der Waals surface area contributed by atoms with Crippen LogP contribution in [0.2, 0.25) is 5.02 Å². The van der Waals surface area contributed by atoms with Gasteiger partial charge >= 0.3 is 0 Å².